The van der Waals surface area contributed by atoms with Crippen molar-refractivity contribution in [1.29, 1.82) is 0 Å². The molecule has 0 aliphatic heterocycles. The van der Waals surface area contributed by atoms with Crippen molar-refractivity contribution in [2.45, 2.75) is 20.8 Å². The highest BCUT2D eigenvalue weighted by Crippen LogP contribution is 2.32. The fourth-order valence-corrected chi connectivity index (χ4v) is 2.80. The van der Waals surface area contributed by atoms with Crippen LogP contribution in [-0.4, -0.2) is 24.0 Å². The fraction of sp³-hybridized carbons (Fsp3) is 0.263. The van der Waals surface area contributed by atoms with Crippen LogP contribution in [0.4, 0.5) is 5.69 Å². The number of aromatic carboxylic acids is 1. The number of anilines is 1. The van der Waals surface area contributed by atoms with E-state index in [9.17, 15) is 14.7 Å². The number of carboxylic acids is 1. The van der Waals surface area contributed by atoms with Crippen LogP contribution >= 0.6 is 11.6 Å². The minimum absolute atomic E-state index is 0.0847. The van der Waals surface area contributed by atoms with Crippen molar-refractivity contribution in [3.63, 3.8) is 0 Å². The molecule has 0 unspecified atom stereocenters. The summed E-state index contributed by atoms with van der Waals surface area (Å²) in [7, 11) is 1.64. The molecule has 5 heteroatoms. The van der Waals surface area contributed by atoms with E-state index in [1.807, 2.05) is 25.1 Å². The van der Waals surface area contributed by atoms with Crippen LogP contribution < -0.4 is 4.90 Å². The molecule has 0 bridgehead atoms. The number of amides is 1. The molecule has 0 radical (unpaired) electrons. The molecule has 2 aromatic rings. The minimum Gasteiger partial charge on any atom is -0.478 e. The number of carbonyl (C=O) groups is 2. The van der Waals surface area contributed by atoms with Crippen molar-refractivity contribution >= 4 is 29.2 Å². The monoisotopic (exact) mass is 345 g/mol. The molecule has 24 heavy (non-hydrogen) atoms. The zero-order valence-electron chi connectivity index (χ0n) is 14.1. The molecule has 2 aromatic carbocycles. The largest absolute Gasteiger partial charge is 0.478 e. The van der Waals surface area contributed by atoms with Gasteiger partial charge in [0.15, 0.2) is 0 Å². The average molecular weight is 346 g/mol. The van der Waals surface area contributed by atoms with Gasteiger partial charge in [-0.15, -0.1) is 0 Å². The Bertz CT molecular complexity index is 799. The Kier molecular flexibility index (Phi) is 5.30. The van der Waals surface area contributed by atoms with Crippen molar-refractivity contribution in [3.05, 3.63) is 52.5 Å². The summed E-state index contributed by atoms with van der Waals surface area (Å²) in [6.07, 6.45) is 0. The van der Waals surface area contributed by atoms with E-state index >= 15 is 0 Å². The highest BCUT2D eigenvalue weighted by molar-refractivity contribution is 6.33. The van der Waals surface area contributed by atoms with Gasteiger partial charge < -0.3 is 10.0 Å². The molecule has 0 aliphatic rings. The maximum atomic E-state index is 12.2. The normalized spacial score (nSPS) is 10.8. The second-order valence-corrected chi connectivity index (χ2v) is 6.52. The van der Waals surface area contributed by atoms with Crippen LogP contribution in [0.5, 0.6) is 0 Å². The van der Waals surface area contributed by atoms with Crippen molar-refractivity contribution in [2.75, 3.05) is 11.9 Å². The minimum atomic E-state index is -1.05. The molecule has 1 N–H and O–H groups in total. The Hall–Kier alpha value is -2.33. The number of benzene rings is 2. The van der Waals surface area contributed by atoms with E-state index in [1.54, 1.807) is 33.0 Å². The lowest BCUT2D eigenvalue weighted by Crippen LogP contribution is -2.30. The van der Waals surface area contributed by atoms with E-state index in [1.165, 1.54) is 11.0 Å². The van der Waals surface area contributed by atoms with Crippen molar-refractivity contribution in [3.8, 4) is 11.1 Å². The zero-order valence-corrected chi connectivity index (χ0v) is 14.9. The van der Waals surface area contributed by atoms with Crippen LogP contribution in [0.25, 0.3) is 11.1 Å². The lowest BCUT2D eigenvalue weighted by molar-refractivity contribution is -0.121. The molecule has 0 atom stereocenters. The van der Waals surface area contributed by atoms with E-state index in [2.05, 4.69) is 0 Å². The van der Waals surface area contributed by atoms with Crippen LogP contribution in [0.3, 0.4) is 0 Å². The van der Waals surface area contributed by atoms with Crippen molar-refractivity contribution in [1.82, 2.24) is 0 Å². The fourth-order valence-electron chi connectivity index (χ4n) is 2.45. The van der Waals surface area contributed by atoms with Crippen LogP contribution in [0.2, 0.25) is 5.02 Å². The first kappa shape index (κ1) is 18.0. The molecule has 0 saturated heterocycles. The summed E-state index contributed by atoms with van der Waals surface area (Å²) in [4.78, 5) is 25.2. The molecule has 126 valence electrons. The first-order valence-electron chi connectivity index (χ1n) is 7.63. The lowest BCUT2D eigenvalue weighted by atomic mass is 10.00. The summed E-state index contributed by atoms with van der Waals surface area (Å²) >= 11 is 6.31. The highest BCUT2D eigenvalue weighted by Gasteiger charge is 2.18. The van der Waals surface area contributed by atoms with Gasteiger partial charge in [-0.3, -0.25) is 4.79 Å². The molecule has 0 saturated carbocycles. The molecule has 2 rings (SSSR count). The van der Waals surface area contributed by atoms with Crippen LogP contribution in [0.15, 0.2) is 36.4 Å². The first-order chi connectivity index (χ1) is 11.2. The lowest BCUT2D eigenvalue weighted by Gasteiger charge is -2.21. The van der Waals surface area contributed by atoms with Crippen LogP contribution in [0, 0.1) is 12.8 Å². The van der Waals surface area contributed by atoms with Gasteiger partial charge in [-0.25, -0.2) is 4.79 Å². The van der Waals surface area contributed by atoms with Crippen LogP contribution in [0.1, 0.15) is 29.8 Å². The number of aryl methyl sites for hydroxylation is 1. The molecular formula is C19H20ClNO3. The number of nitrogens with zero attached hydrogens (tertiary/aromatic N) is 1. The molecule has 1 amide bonds. The summed E-state index contributed by atoms with van der Waals surface area (Å²) in [5.41, 5.74) is 3.06. The molecular weight excluding hydrogens is 326 g/mol. The van der Waals surface area contributed by atoms with Gasteiger partial charge in [-0.05, 0) is 42.3 Å². The summed E-state index contributed by atoms with van der Waals surface area (Å²) in [6.45, 7) is 5.54. The maximum Gasteiger partial charge on any atom is 0.335 e. The number of rotatable bonds is 4. The van der Waals surface area contributed by atoms with E-state index in [0.717, 1.165) is 11.1 Å². The molecule has 4 nitrogen and oxygen atoms in total. The van der Waals surface area contributed by atoms with Crippen molar-refractivity contribution < 1.29 is 14.7 Å². The Morgan fingerprint density at radius 3 is 2.33 bits per heavy atom. The first-order valence-corrected chi connectivity index (χ1v) is 8.01. The van der Waals surface area contributed by atoms with Gasteiger partial charge in [-0.1, -0.05) is 37.6 Å². The van der Waals surface area contributed by atoms with Gasteiger partial charge in [0.05, 0.1) is 5.56 Å². The summed E-state index contributed by atoms with van der Waals surface area (Å²) in [6, 6.07) is 10.4. The van der Waals surface area contributed by atoms with E-state index in [4.69, 9.17) is 11.6 Å². The third-order valence-electron chi connectivity index (χ3n) is 3.81. The Balaban J connectivity index is 2.60. The highest BCUT2D eigenvalue weighted by atomic mass is 35.5. The van der Waals surface area contributed by atoms with Gasteiger partial charge >= 0.3 is 5.97 Å². The Morgan fingerprint density at radius 2 is 1.79 bits per heavy atom. The molecule has 0 heterocycles. The summed E-state index contributed by atoms with van der Waals surface area (Å²) in [5, 5.41) is 9.93. The molecule has 0 aliphatic carbocycles. The standard InChI is InChI=1S/C19H20ClNO3/c1-11(2)18(22)21(4)15-9-13(8-14(10-15)19(23)24)16-6-5-12(3)7-17(16)20/h5-11H,1-4H3,(H,23,24). The SMILES string of the molecule is Cc1ccc(-c2cc(C(=O)O)cc(N(C)C(=O)C(C)C)c2)c(Cl)c1. The molecule has 0 aromatic heterocycles. The zero-order chi connectivity index (χ0) is 18.0. The Labute approximate surface area is 146 Å². The van der Waals surface area contributed by atoms with E-state index in [0.29, 0.717) is 16.3 Å². The maximum absolute atomic E-state index is 12.2. The second-order valence-electron chi connectivity index (χ2n) is 6.11. The predicted octanol–water partition coefficient (Wildman–Crippen LogP) is 4.63. The molecule has 0 fully saturated rings. The topological polar surface area (TPSA) is 57.6 Å². The van der Waals surface area contributed by atoms with Gasteiger partial charge in [-0.2, -0.15) is 0 Å². The number of halogens is 1. The van der Waals surface area contributed by atoms with E-state index in [-0.39, 0.29) is 17.4 Å². The van der Waals surface area contributed by atoms with Gasteiger partial charge in [0, 0.05) is 29.2 Å². The van der Waals surface area contributed by atoms with Gasteiger partial charge in [0.25, 0.3) is 0 Å². The quantitative estimate of drug-likeness (QED) is 0.878. The second kappa shape index (κ2) is 7.05. The smallest absolute Gasteiger partial charge is 0.335 e. The van der Waals surface area contributed by atoms with Gasteiger partial charge in [0.2, 0.25) is 5.91 Å². The van der Waals surface area contributed by atoms with E-state index < -0.39 is 5.97 Å². The van der Waals surface area contributed by atoms with Gasteiger partial charge in [0.1, 0.15) is 0 Å². The predicted molar refractivity (Wildman–Crippen MR) is 96.8 cm³/mol. The molecule has 0 spiro atoms. The number of hydrogen-bond donors (Lipinski definition) is 1. The number of carboxylic acid groups (broad SMARTS) is 1. The number of carbonyl (C=O) groups excluding carboxylic acids is 1. The average Bonchev–Trinajstić information content (AvgIpc) is 2.52. The number of hydrogen-bond acceptors (Lipinski definition) is 2. The third kappa shape index (κ3) is 3.77. The summed E-state index contributed by atoms with van der Waals surface area (Å²) in [5.74, 6) is -1.32. The van der Waals surface area contributed by atoms with Crippen molar-refractivity contribution in [2.24, 2.45) is 5.92 Å². The Morgan fingerprint density at radius 1 is 1.12 bits per heavy atom. The summed E-state index contributed by atoms with van der Waals surface area (Å²) < 4.78 is 0. The van der Waals surface area contributed by atoms with Crippen LogP contribution in [-0.2, 0) is 4.79 Å². The third-order valence-corrected chi connectivity index (χ3v) is 4.12.